The maximum atomic E-state index is 11.6. The third-order valence-electron chi connectivity index (χ3n) is 3.10. The third kappa shape index (κ3) is 4.66. The fourth-order valence-corrected chi connectivity index (χ4v) is 2.44. The highest BCUT2D eigenvalue weighted by atomic mass is 79.9. The molecule has 1 amide bonds. The molecule has 1 rings (SSSR count). The normalized spacial score (nSPS) is 18.8. The quantitative estimate of drug-likeness (QED) is 0.445. The van der Waals surface area contributed by atoms with Gasteiger partial charge in [0.1, 0.15) is 6.29 Å². The SMILES string of the molecule is CCCCOC(=O)N1CCC(C(Br)C=O)CC1. The van der Waals surface area contributed by atoms with Gasteiger partial charge in [-0.15, -0.1) is 0 Å². The van der Waals surface area contributed by atoms with Gasteiger partial charge in [0.15, 0.2) is 0 Å². The summed E-state index contributed by atoms with van der Waals surface area (Å²) in [7, 11) is 0. The Morgan fingerprint density at radius 1 is 1.53 bits per heavy atom. The number of amides is 1. The molecule has 1 aliphatic heterocycles. The van der Waals surface area contributed by atoms with Crippen molar-refractivity contribution in [2.45, 2.75) is 37.4 Å². The molecule has 1 heterocycles. The molecule has 0 aromatic carbocycles. The largest absolute Gasteiger partial charge is 0.449 e. The molecule has 1 atom stereocenters. The van der Waals surface area contributed by atoms with Crippen molar-refractivity contribution in [2.75, 3.05) is 19.7 Å². The average Bonchev–Trinajstić information content (AvgIpc) is 2.38. The number of aldehydes is 1. The average molecular weight is 306 g/mol. The van der Waals surface area contributed by atoms with E-state index in [0.29, 0.717) is 25.6 Å². The smallest absolute Gasteiger partial charge is 0.409 e. The maximum Gasteiger partial charge on any atom is 0.409 e. The van der Waals surface area contributed by atoms with Crippen molar-refractivity contribution in [3.05, 3.63) is 0 Å². The van der Waals surface area contributed by atoms with E-state index in [4.69, 9.17) is 4.74 Å². The van der Waals surface area contributed by atoms with Crippen LogP contribution in [0.3, 0.4) is 0 Å². The summed E-state index contributed by atoms with van der Waals surface area (Å²) < 4.78 is 5.15. The summed E-state index contributed by atoms with van der Waals surface area (Å²) in [5, 5.41) is 0. The molecule has 1 unspecified atom stereocenters. The van der Waals surface area contributed by atoms with E-state index in [9.17, 15) is 9.59 Å². The van der Waals surface area contributed by atoms with E-state index in [1.54, 1.807) is 4.90 Å². The molecule has 1 fully saturated rings. The van der Waals surface area contributed by atoms with Crippen LogP contribution < -0.4 is 0 Å². The van der Waals surface area contributed by atoms with Crippen LogP contribution >= 0.6 is 15.9 Å². The van der Waals surface area contributed by atoms with Gasteiger partial charge in [0.25, 0.3) is 0 Å². The Balaban J connectivity index is 2.26. The summed E-state index contributed by atoms with van der Waals surface area (Å²) in [6.45, 7) is 3.94. The standard InChI is InChI=1S/C12H20BrNO3/c1-2-3-8-17-12(16)14-6-4-10(5-7-14)11(13)9-15/h9-11H,2-8H2,1H3. The summed E-state index contributed by atoms with van der Waals surface area (Å²) in [5.74, 6) is 0.340. The lowest BCUT2D eigenvalue weighted by Crippen LogP contribution is -2.40. The molecule has 98 valence electrons. The number of carbonyl (C=O) groups is 2. The number of halogens is 1. The highest BCUT2D eigenvalue weighted by molar-refractivity contribution is 9.10. The van der Waals surface area contributed by atoms with Crippen LogP contribution in [0.1, 0.15) is 32.6 Å². The van der Waals surface area contributed by atoms with E-state index < -0.39 is 0 Å². The lowest BCUT2D eigenvalue weighted by atomic mass is 9.94. The van der Waals surface area contributed by atoms with Crippen molar-refractivity contribution in [3.8, 4) is 0 Å². The molecule has 0 aromatic rings. The number of unbranched alkanes of at least 4 members (excludes halogenated alkanes) is 1. The monoisotopic (exact) mass is 305 g/mol. The molecule has 0 N–H and O–H groups in total. The number of hydrogen-bond donors (Lipinski definition) is 0. The molecule has 5 heteroatoms. The van der Waals surface area contributed by atoms with E-state index in [2.05, 4.69) is 22.9 Å². The Morgan fingerprint density at radius 2 is 2.18 bits per heavy atom. The summed E-state index contributed by atoms with van der Waals surface area (Å²) in [4.78, 5) is 23.9. The fraction of sp³-hybridized carbons (Fsp3) is 0.833. The van der Waals surface area contributed by atoms with E-state index in [1.807, 2.05) is 0 Å². The number of ether oxygens (including phenoxy) is 1. The zero-order valence-corrected chi connectivity index (χ0v) is 11.8. The number of hydrogen-bond acceptors (Lipinski definition) is 3. The van der Waals surface area contributed by atoms with Crippen molar-refractivity contribution in [1.82, 2.24) is 4.90 Å². The van der Waals surface area contributed by atoms with Gasteiger partial charge in [-0.3, -0.25) is 0 Å². The van der Waals surface area contributed by atoms with Gasteiger partial charge in [-0.2, -0.15) is 0 Å². The number of rotatable bonds is 5. The van der Waals surface area contributed by atoms with Crippen LogP contribution in [0.4, 0.5) is 4.79 Å². The van der Waals surface area contributed by atoms with Crippen LogP contribution in [0.15, 0.2) is 0 Å². The second-order valence-electron chi connectivity index (χ2n) is 4.37. The van der Waals surface area contributed by atoms with Crippen molar-refractivity contribution in [2.24, 2.45) is 5.92 Å². The molecule has 0 aliphatic carbocycles. The van der Waals surface area contributed by atoms with Crippen molar-refractivity contribution in [1.29, 1.82) is 0 Å². The van der Waals surface area contributed by atoms with Crippen LogP contribution in [-0.4, -0.2) is 41.8 Å². The lowest BCUT2D eigenvalue weighted by molar-refractivity contribution is -0.108. The second kappa shape index (κ2) is 7.69. The van der Waals surface area contributed by atoms with Gasteiger partial charge in [-0.05, 0) is 25.2 Å². The van der Waals surface area contributed by atoms with Gasteiger partial charge < -0.3 is 14.4 Å². The number of likely N-dealkylation sites (tertiary alicyclic amines) is 1. The van der Waals surface area contributed by atoms with E-state index >= 15 is 0 Å². The van der Waals surface area contributed by atoms with Gasteiger partial charge in [0.2, 0.25) is 0 Å². The molecule has 0 aromatic heterocycles. The molecule has 4 nitrogen and oxygen atoms in total. The summed E-state index contributed by atoms with van der Waals surface area (Å²) in [6.07, 6.45) is 4.38. The minimum atomic E-state index is -0.214. The first-order chi connectivity index (χ1) is 8.19. The van der Waals surface area contributed by atoms with Gasteiger partial charge >= 0.3 is 6.09 Å². The highest BCUT2D eigenvalue weighted by Gasteiger charge is 2.27. The van der Waals surface area contributed by atoms with Crippen LogP contribution in [-0.2, 0) is 9.53 Å². The predicted octanol–water partition coefficient (Wildman–Crippen LogP) is 2.60. The Hall–Kier alpha value is -0.580. The minimum absolute atomic E-state index is 0.0826. The Bertz CT molecular complexity index is 252. The van der Waals surface area contributed by atoms with Gasteiger partial charge in [0.05, 0.1) is 11.4 Å². The predicted molar refractivity (Wildman–Crippen MR) is 69.3 cm³/mol. The van der Waals surface area contributed by atoms with Crippen LogP contribution in [0.2, 0.25) is 0 Å². The Kier molecular flexibility index (Phi) is 6.55. The zero-order chi connectivity index (χ0) is 12.7. The molecule has 0 saturated carbocycles. The van der Waals surface area contributed by atoms with E-state index in [-0.39, 0.29) is 10.9 Å². The van der Waals surface area contributed by atoms with Crippen LogP contribution in [0.5, 0.6) is 0 Å². The van der Waals surface area contributed by atoms with Crippen molar-refractivity contribution in [3.63, 3.8) is 0 Å². The first-order valence-corrected chi connectivity index (χ1v) is 7.11. The Labute approximate surface area is 111 Å². The lowest BCUT2D eigenvalue weighted by Gasteiger charge is -2.32. The number of alkyl halides is 1. The molecule has 1 saturated heterocycles. The fourth-order valence-electron chi connectivity index (χ4n) is 1.91. The van der Waals surface area contributed by atoms with Gasteiger partial charge in [0, 0.05) is 13.1 Å². The topological polar surface area (TPSA) is 46.6 Å². The molecular formula is C12H20BrNO3. The van der Waals surface area contributed by atoms with Gasteiger partial charge in [-0.25, -0.2) is 4.79 Å². The third-order valence-corrected chi connectivity index (χ3v) is 4.07. The molecule has 1 aliphatic rings. The van der Waals surface area contributed by atoms with Crippen LogP contribution in [0, 0.1) is 5.92 Å². The number of nitrogens with zero attached hydrogens (tertiary/aromatic N) is 1. The molecule has 0 radical (unpaired) electrons. The van der Waals surface area contributed by atoms with Crippen molar-refractivity contribution >= 4 is 28.3 Å². The molecule has 0 spiro atoms. The first kappa shape index (κ1) is 14.5. The zero-order valence-electron chi connectivity index (χ0n) is 10.2. The molecule has 17 heavy (non-hydrogen) atoms. The van der Waals surface area contributed by atoms with Crippen molar-refractivity contribution < 1.29 is 14.3 Å². The maximum absolute atomic E-state index is 11.6. The highest BCUT2D eigenvalue weighted by Crippen LogP contribution is 2.24. The summed E-state index contributed by atoms with van der Waals surface area (Å²) >= 11 is 3.34. The summed E-state index contributed by atoms with van der Waals surface area (Å²) in [6, 6.07) is 0. The van der Waals surface area contributed by atoms with Gasteiger partial charge in [-0.1, -0.05) is 29.3 Å². The minimum Gasteiger partial charge on any atom is -0.449 e. The molecular weight excluding hydrogens is 286 g/mol. The summed E-state index contributed by atoms with van der Waals surface area (Å²) in [5.41, 5.74) is 0. The molecule has 0 bridgehead atoms. The van der Waals surface area contributed by atoms with Crippen LogP contribution in [0.25, 0.3) is 0 Å². The second-order valence-corrected chi connectivity index (χ2v) is 5.43. The Morgan fingerprint density at radius 3 is 2.71 bits per heavy atom. The number of carbonyl (C=O) groups excluding carboxylic acids is 2. The van der Waals surface area contributed by atoms with E-state index in [1.165, 1.54) is 0 Å². The number of piperidine rings is 1. The first-order valence-electron chi connectivity index (χ1n) is 6.20. The van der Waals surface area contributed by atoms with E-state index in [0.717, 1.165) is 32.0 Å².